The summed E-state index contributed by atoms with van der Waals surface area (Å²) in [5, 5.41) is 78.7. The Morgan fingerprint density at radius 1 is 0.577 bits per heavy atom. The summed E-state index contributed by atoms with van der Waals surface area (Å²) >= 11 is 0.612. The SMILES string of the molecule is C#CC[C@H](NC(=O)[C@@H]1CSCC(=O)N[C@@H](Cc2ccc(O)cc2)C(=O)N(C)[C@@H](C)C(=O)N[C@@H](CC(N)=O)C(=O)N2CCC[C@H]2C(=O)N[C@@H](CN)C(=O)N[C@@H](CC(C)C)C(=O)N2C[C@H](O)C[C@H]2C(=O)N[C@@H](Cc2c[nH]c3ccccc23)C(=O)N[C@@H](CCN)C(=O)N[C@@H](Cc2cn(CC(=O)O)c3ccccc23)C(=O)N(C)[C@@H](CCCC)C(=O)N(C)[C@@H](CCCC)C(=O)N[C@@H](CC(=O)O)C(=O)N1)C(=O)O. The second kappa shape index (κ2) is 51.3. The number of amides is 16. The van der Waals surface area contributed by atoms with E-state index in [9.17, 15) is 83.1 Å². The standard InChI is InChI=1S/C92H126N20O24S/c1-10-13-24-70-84(127)101-62(41-76(117)118)81(124)106-68(83(126)99-60(20-12-3)92(135)136)47-137-48-75(116)97-64(36-51-28-30-54(113)31-29-51)87(130)107(7)50(6)78(121)102-66(40-74(95)115)89(132)111-34-19-27-71(111)85(128)105-67(42-94)82(125)103-63(35-49(4)5)90(133)112-45-55(114)39-73(112)86(129)100-61(37-52-43-96-58-23-17-15-21-56(52)58)80(123)98-59(32-33-93)79(122)104-65(88(131)109(9)72(25-14-11-2)91(134)108(70)8)38-53-44-110(46-77(119)120)69-26-18-16-22-57(53)69/h3,15-18,21-23,26,28-31,43-44,49-50,55,59-68,70-73,96,113-114H,10-11,13-14,19-20,24-25,27,32-42,45-48,93-94H2,1-2,4-9H3,(H2,95,115)(H,97,116)(H,98,123)(H,99,126)(H,100,129)(H,101,127)(H,102,121)(H,103,125)(H,104,122)(H,105,128)(H,106,124)(H,117,118)(H,119,120)(H,135,136)/t50-,55+,59-,60-,61-,62-,63-,64-,65-,66-,67-,68-,70-,71-,72-,73-/m0/s1. The van der Waals surface area contributed by atoms with Gasteiger partial charge in [-0.3, -0.25) is 86.3 Å². The highest BCUT2D eigenvalue weighted by atomic mass is 32.2. The summed E-state index contributed by atoms with van der Waals surface area (Å²) in [7, 11) is 3.65. The van der Waals surface area contributed by atoms with Crippen molar-refractivity contribution in [1.29, 1.82) is 0 Å². The van der Waals surface area contributed by atoms with Crippen LogP contribution in [0.1, 0.15) is 141 Å². The van der Waals surface area contributed by atoms with Crippen molar-refractivity contribution in [3.63, 3.8) is 0 Å². The lowest BCUT2D eigenvalue weighted by Crippen LogP contribution is -2.62. The number of fused-ring (bicyclic) bond motifs is 4. The fourth-order valence-electron chi connectivity index (χ4n) is 16.8. The van der Waals surface area contributed by atoms with Gasteiger partial charge in [0.15, 0.2) is 0 Å². The average molecular weight is 1930 g/mol. The van der Waals surface area contributed by atoms with Gasteiger partial charge in [0.25, 0.3) is 0 Å². The van der Waals surface area contributed by atoms with Gasteiger partial charge in [0, 0.05) is 113 Å². The number of phenolic OH excluding ortho intramolecular Hbond substituents is 1. The van der Waals surface area contributed by atoms with Crippen molar-refractivity contribution in [2.24, 2.45) is 23.1 Å². The van der Waals surface area contributed by atoms with E-state index >= 15 is 33.6 Å². The van der Waals surface area contributed by atoms with Crippen LogP contribution >= 0.6 is 11.8 Å². The minimum absolute atomic E-state index is 0.0449. The molecule has 45 heteroatoms. The van der Waals surface area contributed by atoms with Crippen LogP contribution in [0.5, 0.6) is 5.75 Å². The van der Waals surface area contributed by atoms with E-state index in [1.165, 1.54) is 63.1 Å². The van der Waals surface area contributed by atoms with E-state index in [4.69, 9.17) is 23.6 Å². The molecule has 5 aromatic rings. The molecule has 16 amide bonds. The monoisotopic (exact) mass is 1930 g/mol. The average Bonchev–Trinajstić information content (AvgIpc) is 1.63. The van der Waals surface area contributed by atoms with Gasteiger partial charge in [0.1, 0.15) is 103 Å². The number of H-pyrrole nitrogens is 1. The lowest BCUT2D eigenvalue weighted by Gasteiger charge is -2.36. The number of aliphatic hydroxyl groups excluding tert-OH is 1. The zero-order chi connectivity index (χ0) is 101. The summed E-state index contributed by atoms with van der Waals surface area (Å²) in [5.41, 5.74) is 20.2. The van der Waals surface area contributed by atoms with Crippen LogP contribution in [0.3, 0.4) is 0 Å². The van der Waals surface area contributed by atoms with Gasteiger partial charge in [-0.15, -0.1) is 24.1 Å². The van der Waals surface area contributed by atoms with Gasteiger partial charge in [-0.1, -0.05) is 102 Å². The first kappa shape index (κ1) is 109. The van der Waals surface area contributed by atoms with Gasteiger partial charge in [-0.25, -0.2) is 4.79 Å². The molecule has 0 radical (unpaired) electrons. The predicted molar refractivity (Wildman–Crippen MR) is 498 cm³/mol. The number of carboxylic acid groups (broad SMARTS) is 3. The number of hydrogen-bond donors (Lipinski definition) is 19. The summed E-state index contributed by atoms with van der Waals surface area (Å²) in [6.07, 6.45) is 3.56. The first-order valence-corrected chi connectivity index (χ1v) is 46.6. The van der Waals surface area contributed by atoms with E-state index in [0.29, 0.717) is 63.1 Å². The number of aliphatic hydroxyl groups is 1. The van der Waals surface area contributed by atoms with Crippen LogP contribution in [0.25, 0.3) is 21.8 Å². The molecule has 22 N–H and O–H groups in total. The number of thioether (sulfide) groups is 1. The molecule has 3 aliphatic heterocycles. The largest absolute Gasteiger partial charge is 0.508 e. The van der Waals surface area contributed by atoms with Crippen LogP contribution < -0.4 is 70.4 Å². The van der Waals surface area contributed by atoms with Gasteiger partial charge in [0.05, 0.1) is 24.7 Å². The summed E-state index contributed by atoms with van der Waals surface area (Å²) in [6, 6.07) is -6.17. The zero-order valence-electron chi connectivity index (χ0n) is 77.8. The highest BCUT2D eigenvalue weighted by Crippen LogP contribution is 2.29. The van der Waals surface area contributed by atoms with Crippen LogP contribution in [0.4, 0.5) is 0 Å². The van der Waals surface area contributed by atoms with Crippen molar-refractivity contribution >= 4 is 146 Å². The Balaban J connectivity index is 1.22. The molecule has 2 aromatic heterocycles. The van der Waals surface area contributed by atoms with Crippen molar-refractivity contribution in [2.75, 3.05) is 58.8 Å². The third-order valence-corrected chi connectivity index (χ3v) is 25.3. The number of phenols is 1. The fraction of sp³-hybridized carbons (Fsp3) is 0.533. The number of rotatable bonds is 27. The van der Waals surface area contributed by atoms with Crippen molar-refractivity contribution in [3.8, 4) is 18.1 Å². The molecule has 16 atom stereocenters. The number of aliphatic carboxylic acids is 3. The fourth-order valence-corrected chi connectivity index (χ4v) is 17.6. The van der Waals surface area contributed by atoms with Crippen LogP contribution in [0.15, 0.2) is 85.2 Å². The van der Waals surface area contributed by atoms with Crippen molar-refractivity contribution < 1.29 is 117 Å². The van der Waals surface area contributed by atoms with Gasteiger partial charge in [-0.2, -0.15) is 0 Å². The lowest BCUT2D eigenvalue weighted by molar-refractivity contribution is -0.149. The number of benzene rings is 3. The number of aromatic nitrogens is 2. The van der Waals surface area contributed by atoms with Crippen molar-refractivity contribution in [2.45, 2.75) is 247 Å². The maximum absolute atomic E-state index is 15.9. The molecule has 3 fully saturated rings. The molecule has 5 heterocycles. The summed E-state index contributed by atoms with van der Waals surface area (Å²) in [6.45, 7) is 6.08. The summed E-state index contributed by atoms with van der Waals surface area (Å²) < 4.78 is 1.40. The van der Waals surface area contributed by atoms with E-state index < -0.39 is 272 Å². The Hall–Kier alpha value is -13.7. The Morgan fingerprint density at radius 2 is 1.14 bits per heavy atom. The third kappa shape index (κ3) is 29.9. The van der Waals surface area contributed by atoms with E-state index in [1.54, 1.807) is 82.4 Å². The van der Waals surface area contributed by atoms with Gasteiger partial charge in [-0.05, 0) is 98.9 Å². The molecule has 0 saturated carbocycles. The molecule has 0 spiro atoms. The number of aromatic hydroxyl groups is 1. The van der Waals surface area contributed by atoms with Crippen molar-refractivity contribution in [3.05, 3.63) is 102 Å². The van der Waals surface area contributed by atoms with Crippen LogP contribution in [-0.4, -0.2) is 328 Å². The number of nitrogens with two attached hydrogens (primary N) is 3. The molecule has 8 rings (SSSR count). The molecule has 3 aromatic carbocycles. The number of carbonyl (C=O) groups excluding carboxylic acids is 16. The number of carboxylic acids is 3. The number of carbonyl (C=O) groups is 19. The number of unbranched alkanes of at least 4 members (excludes halogenated alkanes) is 2. The number of likely N-dealkylation sites (N-methyl/N-ethyl adjacent to an activating group) is 3. The third-order valence-electron chi connectivity index (χ3n) is 24.2. The zero-order valence-corrected chi connectivity index (χ0v) is 78.6. The highest BCUT2D eigenvalue weighted by molar-refractivity contribution is 8.00. The Morgan fingerprint density at radius 3 is 1.77 bits per heavy atom. The molecule has 3 saturated heterocycles. The van der Waals surface area contributed by atoms with Crippen LogP contribution in [-0.2, 0) is 117 Å². The molecule has 3 aliphatic rings. The van der Waals surface area contributed by atoms with Crippen LogP contribution in [0, 0.1) is 18.3 Å². The molecule has 44 nitrogen and oxygen atoms in total. The minimum atomic E-state index is -2.11. The van der Waals surface area contributed by atoms with Gasteiger partial charge < -0.3 is 130 Å². The van der Waals surface area contributed by atoms with E-state index in [0.717, 1.165) is 24.5 Å². The Kier molecular flexibility index (Phi) is 40.6. The number of hydrogen-bond acceptors (Lipinski definition) is 24. The molecule has 0 unspecified atom stereocenters. The quantitative estimate of drug-likeness (QED) is 0.0236. The smallest absolute Gasteiger partial charge is 0.327 e. The van der Waals surface area contributed by atoms with Gasteiger partial charge in [0.2, 0.25) is 94.5 Å². The maximum atomic E-state index is 15.9. The predicted octanol–water partition coefficient (Wildman–Crippen LogP) is -2.82. The van der Waals surface area contributed by atoms with E-state index in [-0.39, 0.29) is 89.0 Å². The molecule has 137 heavy (non-hydrogen) atoms. The Labute approximate surface area is 795 Å². The molecule has 0 bridgehead atoms. The summed E-state index contributed by atoms with van der Waals surface area (Å²) in [5.74, 6) is -20.9. The number of terminal acetylenes is 1. The highest BCUT2D eigenvalue weighted by Gasteiger charge is 2.47. The number of nitrogens with zero attached hydrogens (tertiary/aromatic N) is 6. The molecule has 0 aliphatic carbocycles. The minimum Gasteiger partial charge on any atom is -0.508 e. The first-order valence-electron chi connectivity index (χ1n) is 45.4. The summed E-state index contributed by atoms with van der Waals surface area (Å²) in [4.78, 5) is 283. The number of nitrogens with one attached hydrogen (secondary N) is 11. The normalized spacial score (nSPS) is 24.8. The number of aromatic amines is 1. The van der Waals surface area contributed by atoms with Gasteiger partial charge >= 0.3 is 17.9 Å². The number of primary amides is 1. The molecular formula is C92H126N20O24S. The first-order chi connectivity index (χ1) is 65.0. The molecule has 744 valence electrons. The topological polar surface area (TPSA) is 661 Å². The number of para-hydroxylation sites is 2. The molecular weight excluding hydrogens is 1800 g/mol. The lowest BCUT2D eigenvalue weighted by atomic mass is 9.99. The second-order valence-electron chi connectivity index (χ2n) is 34.9. The second-order valence-corrected chi connectivity index (χ2v) is 35.9. The van der Waals surface area contributed by atoms with E-state index in [1.807, 2.05) is 0 Å². The van der Waals surface area contributed by atoms with Crippen LogP contribution in [0.2, 0.25) is 0 Å². The Bertz CT molecular complexity index is 5270. The van der Waals surface area contributed by atoms with E-state index in [2.05, 4.69) is 64.1 Å². The van der Waals surface area contributed by atoms with Crippen molar-refractivity contribution in [1.82, 2.24) is 87.2 Å². The maximum Gasteiger partial charge on any atom is 0.327 e.